The summed E-state index contributed by atoms with van der Waals surface area (Å²) in [5.74, 6) is 0.775. The van der Waals surface area contributed by atoms with Crippen LogP contribution in [0.15, 0.2) is 55.0 Å². The molecule has 2 aliphatic heterocycles. The van der Waals surface area contributed by atoms with Crippen molar-refractivity contribution in [2.45, 2.75) is 38.8 Å². The molecule has 1 saturated heterocycles. The summed E-state index contributed by atoms with van der Waals surface area (Å²) in [5, 5.41) is 17.9. The van der Waals surface area contributed by atoms with Crippen LogP contribution in [0.1, 0.15) is 42.6 Å². The van der Waals surface area contributed by atoms with Crippen molar-refractivity contribution in [2.75, 3.05) is 23.3 Å². The molecule has 2 aliphatic rings. The van der Waals surface area contributed by atoms with Crippen LogP contribution in [0.2, 0.25) is 0 Å². The highest BCUT2D eigenvalue weighted by Crippen LogP contribution is 2.36. The number of aromatic nitrogens is 3. The number of rotatable bonds is 5. The molecule has 37 heavy (non-hydrogen) atoms. The van der Waals surface area contributed by atoms with Crippen molar-refractivity contribution in [1.29, 1.82) is 0 Å². The largest absolute Gasteiger partial charge is 0.390 e. The molecule has 8 nitrogen and oxygen atoms in total. The van der Waals surface area contributed by atoms with E-state index in [1.54, 1.807) is 6.20 Å². The van der Waals surface area contributed by atoms with Crippen molar-refractivity contribution in [2.24, 2.45) is 13.0 Å². The number of amides is 1. The molecule has 190 valence electrons. The van der Waals surface area contributed by atoms with Gasteiger partial charge in [-0.1, -0.05) is 12.1 Å². The van der Waals surface area contributed by atoms with Crippen LogP contribution in [0.5, 0.6) is 0 Å². The Balaban J connectivity index is 1.28. The Morgan fingerprint density at radius 2 is 2.00 bits per heavy atom. The lowest BCUT2D eigenvalue weighted by Gasteiger charge is -2.39. The van der Waals surface area contributed by atoms with Gasteiger partial charge in [0.15, 0.2) is 0 Å². The molecule has 3 aromatic heterocycles. The molecule has 3 N–H and O–H groups in total. The minimum atomic E-state index is -0.695. The van der Waals surface area contributed by atoms with E-state index in [4.69, 9.17) is 4.98 Å². The van der Waals surface area contributed by atoms with E-state index in [1.807, 2.05) is 51.5 Å². The third-order valence-electron chi connectivity index (χ3n) is 7.81. The topological polar surface area (TPSA) is 95.3 Å². The Kier molecular flexibility index (Phi) is 5.64. The summed E-state index contributed by atoms with van der Waals surface area (Å²) < 4.78 is 2.09. The fourth-order valence-corrected chi connectivity index (χ4v) is 5.65. The van der Waals surface area contributed by atoms with E-state index in [0.29, 0.717) is 23.6 Å². The van der Waals surface area contributed by atoms with E-state index in [0.717, 1.165) is 59.3 Å². The van der Waals surface area contributed by atoms with Gasteiger partial charge in [0.05, 0.1) is 40.6 Å². The summed E-state index contributed by atoms with van der Waals surface area (Å²) in [6.07, 6.45) is 7.70. The van der Waals surface area contributed by atoms with Gasteiger partial charge in [-0.25, -0.2) is 4.98 Å². The van der Waals surface area contributed by atoms with Crippen LogP contribution >= 0.6 is 0 Å². The molecule has 5 heterocycles. The van der Waals surface area contributed by atoms with E-state index >= 15 is 0 Å². The zero-order chi connectivity index (χ0) is 25.7. The van der Waals surface area contributed by atoms with Gasteiger partial charge in [-0.2, -0.15) is 0 Å². The van der Waals surface area contributed by atoms with Gasteiger partial charge in [0.2, 0.25) is 0 Å². The summed E-state index contributed by atoms with van der Waals surface area (Å²) in [6, 6.07) is 12.2. The van der Waals surface area contributed by atoms with Crippen LogP contribution in [0.4, 0.5) is 17.2 Å². The lowest BCUT2D eigenvalue weighted by atomic mass is 9.84. The second-order valence-electron chi connectivity index (χ2n) is 10.7. The number of nitrogens with zero attached hydrogens (tertiary/aromatic N) is 4. The predicted molar refractivity (Wildman–Crippen MR) is 146 cm³/mol. The number of hydrogen-bond acceptors (Lipinski definition) is 6. The molecule has 0 spiro atoms. The number of carbonyl (C=O) groups is 1. The summed E-state index contributed by atoms with van der Waals surface area (Å²) in [4.78, 5) is 24.6. The first kappa shape index (κ1) is 23.5. The SMILES string of the molecule is Cn1ccc2c(-c3ncc(Nc4ccc(N5CCC[C@H](C(C)(C)O)C5)cn4)c4c3CNC4=O)cccc21. The van der Waals surface area contributed by atoms with E-state index < -0.39 is 5.60 Å². The van der Waals surface area contributed by atoms with Crippen molar-refractivity contribution in [3.63, 3.8) is 0 Å². The normalized spacial score (nSPS) is 17.7. The number of carbonyl (C=O) groups excluding carboxylic acids is 1. The van der Waals surface area contributed by atoms with Crippen LogP contribution in [0.25, 0.3) is 22.2 Å². The molecule has 0 unspecified atom stereocenters. The molecule has 0 bridgehead atoms. The molecule has 8 heteroatoms. The van der Waals surface area contributed by atoms with Gasteiger partial charge in [0, 0.05) is 60.8 Å². The molecule has 4 aromatic rings. The maximum Gasteiger partial charge on any atom is 0.254 e. The van der Waals surface area contributed by atoms with Crippen molar-refractivity contribution < 1.29 is 9.90 Å². The van der Waals surface area contributed by atoms with Gasteiger partial charge >= 0.3 is 0 Å². The minimum absolute atomic E-state index is 0.107. The lowest BCUT2D eigenvalue weighted by Crippen LogP contribution is -2.44. The zero-order valence-electron chi connectivity index (χ0n) is 21.5. The third-order valence-corrected chi connectivity index (χ3v) is 7.81. The average Bonchev–Trinajstić information content (AvgIpc) is 3.47. The van der Waals surface area contributed by atoms with Crippen molar-refractivity contribution in [3.05, 3.63) is 66.1 Å². The fraction of sp³-hybridized carbons (Fsp3) is 0.345. The number of aryl methyl sites for hydroxylation is 1. The first-order chi connectivity index (χ1) is 17.8. The molecule has 0 radical (unpaired) electrons. The van der Waals surface area contributed by atoms with Crippen LogP contribution < -0.4 is 15.5 Å². The summed E-state index contributed by atoms with van der Waals surface area (Å²) in [5.41, 5.74) is 5.47. The number of benzene rings is 1. The average molecular weight is 497 g/mol. The van der Waals surface area contributed by atoms with E-state index in [9.17, 15) is 9.90 Å². The summed E-state index contributed by atoms with van der Waals surface area (Å²) in [7, 11) is 2.03. The van der Waals surface area contributed by atoms with Gasteiger partial charge in [-0.15, -0.1) is 0 Å². The molecule has 6 rings (SSSR count). The summed E-state index contributed by atoms with van der Waals surface area (Å²) >= 11 is 0. The van der Waals surface area contributed by atoms with Gasteiger partial charge in [0.1, 0.15) is 5.82 Å². The third kappa shape index (κ3) is 4.21. The van der Waals surface area contributed by atoms with E-state index in [1.165, 1.54) is 0 Å². The monoisotopic (exact) mass is 496 g/mol. The van der Waals surface area contributed by atoms with Crippen molar-refractivity contribution in [1.82, 2.24) is 19.9 Å². The number of hydrogen-bond donors (Lipinski definition) is 3. The van der Waals surface area contributed by atoms with Crippen LogP contribution in [-0.4, -0.2) is 44.2 Å². The van der Waals surface area contributed by atoms with Gasteiger partial charge in [-0.3, -0.25) is 9.78 Å². The second-order valence-corrected chi connectivity index (χ2v) is 10.7. The quantitative estimate of drug-likeness (QED) is 0.374. The molecular weight excluding hydrogens is 464 g/mol. The second kappa shape index (κ2) is 8.88. The maximum absolute atomic E-state index is 12.9. The lowest BCUT2D eigenvalue weighted by molar-refractivity contribution is 0.0110. The fourth-order valence-electron chi connectivity index (χ4n) is 5.65. The van der Waals surface area contributed by atoms with Gasteiger partial charge < -0.3 is 25.2 Å². The first-order valence-corrected chi connectivity index (χ1v) is 12.8. The van der Waals surface area contributed by atoms with Crippen molar-refractivity contribution in [3.8, 4) is 11.3 Å². The Hall–Kier alpha value is -3.91. The minimum Gasteiger partial charge on any atom is -0.390 e. The number of aliphatic hydroxyl groups is 1. The highest BCUT2D eigenvalue weighted by atomic mass is 16.3. The van der Waals surface area contributed by atoms with Crippen LogP contribution in [-0.2, 0) is 13.6 Å². The van der Waals surface area contributed by atoms with E-state index in [-0.39, 0.29) is 11.8 Å². The standard InChI is InChI=1S/C29H32N6O2/c1-29(2,37)18-6-5-12-35(17-18)19-9-10-25(30-14-19)33-23-16-31-27(22-15-32-28(36)26(22)23)21-7-4-8-24-20(21)11-13-34(24)3/h4,7-11,13-14,16,18,37H,5-6,12,15,17H2,1-3H3,(H,30,33)(H,32,36)/t18-/m0/s1. The Morgan fingerprint density at radius 1 is 1.14 bits per heavy atom. The highest BCUT2D eigenvalue weighted by Gasteiger charge is 2.32. The highest BCUT2D eigenvalue weighted by molar-refractivity contribution is 6.07. The smallest absolute Gasteiger partial charge is 0.254 e. The Bertz CT molecular complexity index is 1490. The van der Waals surface area contributed by atoms with E-state index in [2.05, 4.69) is 43.3 Å². The molecule has 1 aromatic carbocycles. The predicted octanol–water partition coefficient (Wildman–Crippen LogP) is 4.61. The maximum atomic E-state index is 12.9. The molecule has 0 saturated carbocycles. The number of piperidine rings is 1. The van der Waals surface area contributed by atoms with Crippen molar-refractivity contribution >= 4 is 34.0 Å². The Labute approximate surface area is 216 Å². The zero-order valence-corrected chi connectivity index (χ0v) is 21.5. The van der Waals surface area contributed by atoms with Gasteiger partial charge in [-0.05, 0) is 51.0 Å². The molecule has 0 aliphatic carbocycles. The first-order valence-electron chi connectivity index (χ1n) is 12.8. The number of nitrogens with one attached hydrogen (secondary N) is 2. The molecule has 1 fully saturated rings. The van der Waals surface area contributed by atoms with Crippen LogP contribution in [0, 0.1) is 5.92 Å². The molecule has 1 atom stereocenters. The number of anilines is 3. The molecule has 1 amide bonds. The number of fused-ring (bicyclic) bond motifs is 2. The van der Waals surface area contributed by atoms with Gasteiger partial charge in [0.25, 0.3) is 5.91 Å². The number of pyridine rings is 2. The molecular formula is C29H32N6O2. The summed E-state index contributed by atoms with van der Waals surface area (Å²) in [6.45, 7) is 5.99. The Morgan fingerprint density at radius 3 is 2.78 bits per heavy atom. The van der Waals surface area contributed by atoms with Crippen LogP contribution in [0.3, 0.4) is 0 Å².